The van der Waals surface area contributed by atoms with Crippen LogP contribution in [0.4, 0.5) is 0 Å². The molecular formula is C15H20N2O3. The summed E-state index contributed by atoms with van der Waals surface area (Å²) in [7, 11) is 0. The highest BCUT2D eigenvalue weighted by Gasteiger charge is 2.23. The van der Waals surface area contributed by atoms with Crippen molar-refractivity contribution in [2.45, 2.75) is 38.6 Å². The maximum atomic E-state index is 11.8. The standard InChI is InChI=1S/C15H20N2O3/c1-11-6-2-3-7-12(11)17-14(18)10-20-15(19)13-8-4-5-9-16-13/h4-5,8-9,11-12H,2-3,6-7,10H2,1H3,(H,17,18)/t11-,12+/m0/s1. The van der Waals surface area contributed by atoms with Crippen molar-refractivity contribution in [3.63, 3.8) is 0 Å². The summed E-state index contributed by atoms with van der Waals surface area (Å²) in [6.07, 6.45) is 6.02. The highest BCUT2D eigenvalue weighted by molar-refractivity contribution is 5.89. The molecule has 1 fully saturated rings. The van der Waals surface area contributed by atoms with Crippen molar-refractivity contribution < 1.29 is 14.3 Å². The number of carbonyl (C=O) groups is 2. The van der Waals surface area contributed by atoms with E-state index >= 15 is 0 Å². The van der Waals surface area contributed by atoms with Crippen LogP contribution in [0.2, 0.25) is 0 Å². The van der Waals surface area contributed by atoms with Gasteiger partial charge >= 0.3 is 5.97 Å². The summed E-state index contributed by atoms with van der Waals surface area (Å²) in [4.78, 5) is 27.3. The molecule has 1 aromatic heterocycles. The number of aromatic nitrogens is 1. The van der Waals surface area contributed by atoms with Crippen LogP contribution in [0.5, 0.6) is 0 Å². The first-order valence-corrected chi connectivity index (χ1v) is 7.04. The number of carbonyl (C=O) groups excluding carboxylic acids is 2. The Kier molecular flexibility index (Phi) is 5.09. The number of nitrogens with one attached hydrogen (secondary N) is 1. The zero-order valence-corrected chi connectivity index (χ0v) is 11.7. The molecular weight excluding hydrogens is 256 g/mol. The fraction of sp³-hybridized carbons (Fsp3) is 0.533. The van der Waals surface area contributed by atoms with Gasteiger partial charge < -0.3 is 10.1 Å². The highest BCUT2D eigenvalue weighted by atomic mass is 16.5. The van der Waals surface area contributed by atoms with E-state index < -0.39 is 5.97 Å². The molecule has 5 heteroatoms. The second-order valence-corrected chi connectivity index (χ2v) is 5.23. The van der Waals surface area contributed by atoms with Gasteiger partial charge in [-0.1, -0.05) is 25.8 Å². The van der Waals surface area contributed by atoms with Gasteiger partial charge in [-0.05, 0) is 30.9 Å². The molecule has 2 atom stereocenters. The molecule has 2 rings (SSSR count). The molecule has 5 nitrogen and oxygen atoms in total. The highest BCUT2D eigenvalue weighted by Crippen LogP contribution is 2.23. The van der Waals surface area contributed by atoms with E-state index in [-0.39, 0.29) is 24.2 Å². The van der Waals surface area contributed by atoms with E-state index in [0.29, 0.717) is 5.92 Å². The van der Waals surface area contributed by atoms with Gasteiger partial charge in [-0.15, -0.1) is 0 Å². The fourth-order valence-electron chi connectivity index (χ4n) is 2.47. The Morgan fingerprint density at radius 1 is 1.35 bits per heavy atom. The zero-order valence-electron chi connectivity index (χ0n) is 11.7. The Morgan fingerprint density at radius 3 is 2.85 bits per heavy atom. The van der Waals surface area contributed by atoms with Crippen LogP contribution in [0.1, 0.15) is 43.1 Å². The maximum Gasteiger partial charge on any atom is 0.357 e. The smallest absolute Gasteiger partial charge is 0.357 e. The van der Waals surface area contributed by atoms with Crippen molar-refractivity contribution in [1.29, 1.82) is 0 Å². The second kappa shape index (κ2) is 7.03. The number of hydrogen-bond donors (Lipinski definition) is 1. The third-order valence-corrected chi connectivity index (χ3v) is 3.67. The maximum absolute atomic E-state index is 11.8. The number of amides is 1. The van der Waals surface area contributed by atoms with Gasteiger partial charge in [-0.25, -0.2) is 9.78 Å². The number of ether oxygens (including phenoxy) is 1. The van der Waals surface area contributed by atoms with E-state index in [1.807, 2.05) is 0 Å². The summed E-state index contributed by atoms with van der Waals surface area (Å²) in [6.45, 7) is 1.89. The van der Waals surface area contributed by atoms with Crippen molar-refractivity contribution >= 4 is 11.9 Å². The fourth-order valence-corrected chi connectivity index (χ4v) is 2.47. The lowest BCUT2D eigenvalue weighted by Crippen LogP contribution is -2.42. The Morgan fingerprint density at radius 2 is 2.15 bits per heavy atom. The molecule has 0 aromatic carbocycles. The Labute approximate surface area is 118 Å². The molecule has 0 bridgehead atoms. The number of esters is 1. The van der Waals surface area contributed by atoms with Crippen molar-refractivity contribution in [3.8, 4) is 0 Å². The lowest BCUT2D eigenvalue weighted by molar-refractivity contribution is -0.125. The molecule has 1 heterocycles. The molecule has 1 amide bonds. The van der Waals surface area contributed by atoms with Gasteiger partial charge in [0.2, 0.25) is 0 Å². The van der Waals surface area contributed by atoms with Crippen LogP contribution in [-0.2, 0) is 9.53 Å². The third kappa shape index (κ3) is 4.05. The topological polar surface area (TPSA) is 68.3 Å². The average Bonchev–Trinajstić information content (AvgIpc) is 2.48. The normalized spacial score (nSPS) is 22.1. The molecule has 0 unspecified atom stereocenters. The molecule has 1 aromatic rings. The van der Waals surface area contributed by atoms with Crippen LogP contribution in [0, 0.1) is 5.92 Å². The van der Waals surface area contributed by atoms with Crippen LogP contribution >= 0.6 is 0 Å². The predicted octanol–water partition coefficient (Wildman–Crippen LogP) is 1.93. The van der Waals surface area contributed by atoms with Crippen LogP contribution in [0.25, 0.3) is 0 Å². The molecule has 1 aliphatic rings. The first-order valence-electron chi connectivity index (χ1n) is 7.04. The van der Waals surface area contributed by atoms with Crippen LogP contribution in [0.3, 0.4) is 0 Å². The summed E-state index contributed by atoms with van der Waals surface area (Å²) in [5.41, 5.74) is 0.214. The van der Waals surface area contributed by atoms with Crippen molar-refractivity contribution in [1.82, 2.24) is 10.3 Å². The average molecular weight is 276 g/mol. The molecule has 0 saturated heterocycles. The largest absolute Gasteiger partial charge is 0.451 e. The van der Waals surface area contributed by atoms with Gasteiger partial charge in [0.25, 0.3) is 5.91 Å². The number of rotatable bonds is 4. The quantitative estimate of drug-likeness (QED) is 0.853. The number of hydrogen-bond acceptors (Lipinski definition) is 4. The van der Waals surface area contributed by atoms with E-state index in [4.69, 9.17) is 4.74 Å². The minimum absolute atomic E-state index is 0.199. The van der Waals surface area contributed by atoms with E-state index in [1.54, 1.807) is 18.2 Å². The summed E-state index contributed by atoms with van der Waals surface area (Å²) in [5, 5.41) is 2.94. The molecule has 1 aliphatic carbocycles. The van der Waals surface area contributed by atoms with Crippen molar-refractivity contribution in [2.24, 2.45) is 5.92 Å². The lowest BCUT2D eigenvalue weighted by Gasteiger charge is -2.29. The first-order chi connectivity index (χ1) is 9.66. The van der Waals surface area contributed by atoms with E-state index in [0.717, 1.165) is 19.3 Å². The SMILES string of the molecule is C[C@H]1CCCC[C@H]1NC(=O)COC(=O)c1ccccn1. The molecule has 0 aliphatic heterocycles. The summed E-state index contributed by atoms with van der Waals surface area (Å²) >= 11 is 0. The predicted molar refractivity (Wildman–Crippen MR) is 74.1 cm³/mol. The Balaban J connectivity index is 1.76. The summed E-state index contributed by atoms with van der Waals surface area (Å²) < 4.78 is 4.95. The molecule has 20 heavy (non-hydrogen) atoms. The minimum Gasteiger partial charge on any atom is -0.451 e. The van der Waals surface area contributed by atoms with Gasteiger partial charge in [0.1, 0.15) is 5.69 Å². The van der Waals surface area contributed by atoms with Crippen LogP contribution < -0.4 is 5.32 Å². The Bertz CT molecular complexity index is 461. The monoisotopic (exact) mass is 276 g/mol. The first kappa shape index (κ1) is 14.5. The minimum atomic E-state index is -0.572. The van der Waals surface area contributed by atoms with Gasteiger partial charge in [-0.2, -0.15) is 0 Å². The van der Waals surface area contributed by atoms with Crippen molar-refractivity contribution in [3.05, 3.63) is 30.1 Å². The third-order valence-electron chi connectivity index (χ3n) is 3.67. The van der Waals surface area contributed by atoms with E-state index in [9.17, 15) is 9.59 Å². The second-order valence-electron chi connectivity index (χ2n) is 5.23. The van der Waals surface area contributed by atoms with E-state index in [1.165, 1.54) is 12.6 Å². The van der Waals surface area contributed by atoms with Gasteiger partial charge in [0.05, 0.1) is 0 Å². The number of pyridine rings is 1. The van der Waals surface area contributed by atoms with Gasteiger partial charge in [0, 0.05) is 12.2 Å². The van der Waals surface area contributed by atoms with E-state index in [2.05, 4.69) is 17.2 Å². The molecule has 1 saturated carbocycles. The van der Waals surface area contributed by atoms with Gasteiger partial charge in [0.15, 0.2) is 6.61 Å². The molecule has 1 N–H and O–H groups in total. The summed E-state index contributed by atoms with van der Waals surface area (Å²) in [5.74, 6) is -0.329. The van der Waals surface area contributed by atoms with Gasteiger partial charge in [-0.3, -0.25) is 4.79 Å². The number of nitrogens with zero attached hydrogens (tertiary/aromatic N) is 1. The zero-order chi connectivity index (χ0) is 14.4. The summed E-state index contributed by atoms with van der Waals surface area (Å²) in [6, 6.07) is 5.18. The van der Waals surface area contributed by atoms with Crippen molar-refractivity contribution in [2.75, 3.05) is 6.61 Å². The molecule has 108 valence electrons. The molecule has 0 radical (unpaired) electrons. The molecule has 0 spiro atoms. The van der Waals surface area contributed by atoms with Crippen LogP contribution in [0.15, 0.2) is 24.4 Å². The Hall–Kier alpha value is -1.91. The lowest BCUT2D eigenvalue weighted by atomic mass is 9.86. The van der Waals surface area contributed by atoms with Crippen LogP contribution in [-0.4, -0.2) is 29.5 Å².